The van der Waals surface area contributed by atoms with Crippen LogP contribution >= 0.6 is 11.3 Å². The van der Waals surface area contributed by atoms with Gasteiger partial charge in [-0.1, -0.05) is 5.16 Å². The summed E-state index contributed by atoms with van der Waals surface area (Å²) in [5.41, 5.74) is 1.42. The minimum atomic E-state index is -0.994. The van der Waals surface area contributed by atoms with Crippen molar-refractivity contribution in [2.75, 3.05) is 5.32 Å². The average Bonchev–Trinajstić information content (AvgIpc) is 3.01. The number of rotatable bonds is 3. The van der Waals surface area contributed by atoms with Crippen LogP contribution < -0.4 is 5.32 Å². The fourth-order valence-electron chi connectivity index (χ4n) is 2.57. The highest BCUT2D eigenvalue weighted by molar-refractivity contribution is 7.17. The standard InChI is InChI=1S/C14H14N2O4S/c1-7-9(6-15-20-7)12(17)16-13-11(14(18)19)8-4-2-3-5-10(8)21-13/h6H,2-5H2,1H3,(H,16,17)(H,18,19). The smallest absolute Gasteiger partial charge is 0.339 e. The summed E-state index contributed by atoms with van der Waals surface area (Å²) in [6, 6.07) is 0. The van der Waals surface area contributed by atoms with Gasteiger partial charge in [0.1, 0.15) is 16.3 Å². The predicted octanol–water partition coefficient (Wildman–Crippen LogP) is 2.87. The minimum Gasteiger partial charge on any atom is -0.478 e. The molecule has 1 amide bonds. The van der Waals surface area contributed by atoms with Crippen molar-refractivity contribution in [1.82, 2.24) is 5.16 Å². The van der Waals surface area contributed by atoms with Crippen LogP contribution in [-0.2, 0) is 12.8 Å². The number of nitrogens with one attached hydrogen (secondary N) is 1. The summed E-state index contributed by atoms with van der Waals surface area (Å²) in [4.78, 5) is 24.8. The van der Waals surface area contributed by atoms with Crippen molar-refractivity contribution in [2.45, 2.75) is 32.6 Å². The zero-order chi connectivity index (χ0) is 15.0. The maximum Gasteiger partial charge on any atom is 0.339 e. The molecule has 2 aromatic rings. The highest BCUT2D eigenvalue weighted by Crippen LogP contribution is 2.38. The molecule has 0 atom stereocenters. The Kier molecular flexibility index (Phi) is 3.50. The molecule has 0 bridgehead atoms. The van der Waals surface area contributed by atoms with Gasteiger partial charge in [-0.2, -0.15) is 0 Å². The number of aromatic carboxylic acids is 1. The van der Waals surface area contributed by atoms with E-state index in [9.17, 15) is 14.7 Å². The van der Waals surface area contributed by atoms with Crippen molar-refractivity contribution in [3.05, 3.63) is 33.5 Å². The number of carboxylic acids is 1. The number of aromatic nitrogens is 1. The summed E-state index contributed by atoms with van der Waals surface area (Å²) in [7, 11) is 0. The summed E-state index contributed by atoms with van der Waals surface area (Å²) < 4.78 is 4.86. The second-order valence-corrected chi connectivity index (χ2v) is 6.08. The predicted molar refractivity (Wildman–Crippen MR) is 77.1 cm³/mol. The lowest BCUT2D eigenvalue weighted by atomic mass is 9.95. The molecule has 2 N–H and O–H groups in total. The molecule has 1 aliphatic rings. The van der Waals surface area contributed by atoms with Gasteiger partial charge in [0.05, 0.1) is 11.8 Å². The Balaban J connectivity index is 1.95. The Morgan fingerprint density at radius 3 is 2.81 bits per heavy atom. The summed E-state index contributed by atoms with van der Waals surface area (Å²) in [5.74, 6) is -0.979. The van der Waals surface area contributed by atoms with E-state index in [0.717, 1.165) is 36.1 Å². The number of anilines is 1. The van der Waals surface area contributed by atoms with E-state index in [1.165, 1.54) is 17.5 Å². The molecule has 0 aliphatic heterocycles. The van der Waals surface area contributed by atoms with Gasteiger partial charge >= 0.3 is 5.97 Å². The van der Waals surface area contributed by atoms with Crippen molar-refractivity contribution in [3.63, 3.8) is 0 Å². The average molecular weight is 306 g/mol. The van der Waals surface area contributed by atoms with Gasteiger partial charge < -0.3 is 14.9 Å². The molecule has 0 saturated heterocycles. The Labute approximate surface area is 124 Å². The maximum absolute atomic E-state index is 12.2. The van der Waals surface area contributed by atoms with E-state index >= 15 is 0 Å². The molecule has 0 fully saturated rings. The van der Waals surface area contributed by atoms with E-state index in [4.69, 9.17) is 4.52 Å². The van der Waals surface area contributed by atoms with Gasteiger partial charge in [0.25, 0.3) is 5.91 Å². The quantitative estimate of drug-likeness (QED) is 0.909. The number of fused-ring (bicyclic) bond motifs is 1. The second-order valence-electron chi connectivity index (χ2n) is 4.97. The topological polar surface area (TPSA) is 92.4 Å². The highest BCUT2D eigenvalue weighted by Gasteiger charge is 2.26. The molecule has 0 aromatic carbocycles. The Morgan fingerprint density at radius 2 is 2.14 bits per heavy atom. The molecule has 1 aliphatic carbocycles. The van der Waals surface area contributed by atoms with Crippen molar-refractivity contribution in [2.24, 2.45) is 0 Å². The van der Waals surface area contributed by atoms with Gasteiger partial charge in [0.2, 0.25) is 0 Å². The number of thiophene rings is 1. The Bertz CT molecular complexity index is 717. The first-order valence-electron chi connectivity index (χ1n) is 6.68. The van der Waals surface area contributed by atoms with Crippen LogP contribution in [-0.4, -0.2) is 22.1 Å². The molecule has 2 aromatic heterocycles. The molecule has 0 unspecified atom stereocenters. The van der Waals surface area contributed by atoms with Gasteiger partial charge in [0.15, 0.2) is 0 Å². The highest BCUT2D eigenvalue weighted by atomic mass is 32.1. The Morgan fingerprint density at radius 1 is 1.38 bits per heavy atom. The fraction of sp³-hybridized carbons (Fsp3) is 0.357. The van der Waals surface area contributed by atoms with Crippen LogP contribution in [0.1, 0.15) is 49.8 Å². The monoisotopic (exact) mass is 306 g/mol. The normalized spacial score (nSPS) is 13.8. The van der Waals surface area contributed by atoms with E-state index in [1.54, 1.807) is 6.92 Å². The molecular weight excluding hydrogens is 292 g/mol. The molecule has 0 radical (unpaired) electrons. The van der Waals surface area contributed by atoms with Crippen LogP contribution in [0.2, 0.25) is 0 Å². The van der Waals surface area contributed by atoms with Crippen LogP contribution in [0.4, 0.5) is 5.00 Å². The number of hydrogen-bond donors (Lipinski definition) is 2. The van der Waals surface area contributed by atoms with Crippen LogP contribution in [0.25, 0.3) is 0 Å². The molecule has 0 saturated carbocycles. The van der Waals surface area contributed by atoms with Gasteiger partial charge in [-0.25, -0.2) is 4.79 Å². The maximum atomic E-state index is 12.2. The number of amides is 1. The first kappa shape index (κ1) is 13.8. The third-order valence-corrected chi connectivity index (χ3v) is 4.81. The van der Waals surface area contributed by atoms with Crippen LogP contribution in [0.15, 0.2) is 10.7 Å². The van der Waals surface area contributed by atoms with Gasteiger partial charge in [-0.05, 0) is 38.2 Å². The van der Waals surface area contributed by atoms with Crippen LogP contribution in [0.3, 0.4) is 0 Å². The third kappa shape index (κ3) is 2.44. The van der Waals surface area contributed by atoms with E-state index < -0.39 is 11.9 Å². The first-order chi connectivity index (χ1) is 10.1. The van der Waals surface area contributed by atoms with Gasteiger partial charge in [0, 0.05) is 4.88 Å². The van der Waals surface area contributed by atoms with E-state index in [-0.39, 0.29) is 5.56 Å². The summed E-state index contributed by atoms with van der Waals surface area (Å²) >= 11 is 1.36. The van der Waals surface area contributed by atoms with Crippen LogP contribution in [0.5, 0.6) is 0 Å². The molecule has 3 rings (SSSR count). The molecule has 21 heavy (non-hydrogen) atoms. The summed E-state index contributed by atoms with van der Waals surface area (Å²) in [6.45, 7) is 1.64. The number of hydrogen-bond acceptors (Lipinski definition) is 5. The van der Waals surface area contributed by atoms with Crippen LogP contribution in [0, 0.1) is 6.92 Å². The lowest BCUT2D eigenvalue weighted by Gasteiger charge is -2.10. The zero-order valence-electron chi connectivity index (χ0n) is 11.4. The lowest BCUT2D eigenvalue weighted by molar-refractivity contribution is 0.0697. The number of nitrogens with zero attached hydrogens (tertiary/aromatic N) is 1. The number of carbonyl (C=O) groups excluding carboxylic acids is 1. The first-order valence-corrected chi connectivity index (χ1v) is 7.50. The van der Waals surface area contributed by atoms with E-state index in [0.29, 0.717) is 16.3 Å². The summed E-state index contributed by atoms with van der Waals surface area (Å²) in [5, 5.41) is 16.1. The molecule has 2 heterocycles. The SMILES string of the molecule is Cc1oncc1C(=O)Nc1sc2c(c1C(=O)O)CCCC2. The largest absolute Gasteiger partial charge is 0.478 e. The lowest BCUT2D eigenvalue weighted by Crippen LogP contribution is -2.14. The number of aryl methyl sites for hydroxylation is 2. The fourth-order valence-corrected chi connectivity index (χ4v) is 3.84. The van der Waals surface area contributed by atoms with Gasteiger partial charge in [-0.15, -0.1) is 11.3 Å². The summed E-state index contributed by atoms with van der Waals surface area (Å²) in [6.07, 6.45) is 5.02. The van der Waals surface area contributed by atoms with E-state index in [1.807, 2.05) is 0 Å². The number of carbonyl (C=O) groups is 2. The molecule has 7 heteroatoms. The zero-order valence-corrected chi connectivity index (χ0v) is 12.2. The minimum absolute atomic E-state index is 0.233. The van der Waals surface area contributed by atoms with E-state index in [2.05, 4.69) is 10.5 Å². The van der Waals surface area contributed by atoms with Crippen molar-refractivity contribution < 1.29 is 19.2 Å². The molecular formula is C14H14N2O4S. The molecule has 110 valence electrons. The molecule has 0 spiro atoms. The third-order valence-electron chi connectivity index (χ3n) is 3.61. The second kappa shape index (κ2) is 5.33. The van der Waals surface area contributed by atoms with Gasteiger partial charge in [-0.3, -0.25) is 4.79 Å². The van der Waals surface area contributed by atoms with Crippen molar-refractivity contribution in [3.8, 4) is 0 Å². The Hall–Kier alpha value is -2.15. The van der Waals surface area contributed by atoms with Crippen molar-refractivity contribution >= 4 is 28.2 Å². The van der Waals surface area contributed by atoms with Crippen molar-refractivity contribution in [1.29, 1.82) is 0 Å². The number of carboxylic acid groups (broad SMARTS) is 1. The molecule has 6 nitrogen and oxygen atoms in total.